The number of aryl methyl sites for hydroxylation is 1. The smallest absolute Gasteiger partial charge is 0.295 e. The molecule has 0 spiro atoms. The van der Waals surface area contributed by atoms with Crippen molar-refractivity contribution in [3.63, 3.8) is 0 Å². The average molecular weight is 460 g/mol. The Morgan fingerprint density at radius 2 is 1.84 bits per heavy atom. The van der Waals surface area contributed by atoms with Crippen LogP contribution in [0.5, 0.6) is 11.5 Å². The second-order valence-electron chi connectivity index (χ2n) is 7.31. The lowest BCUT2D eigenvalue weighted by molar-refractivity contribution is -0.140. The molecule has 1 atom stereocenters. The van der Waals surface area contributed by atoms with Crippen LogP contribution in [0.1, 0.15) is 29.7 Å². The van der Waals surface area contributed by atoms with Gasteiger partial charge in [-0.3, -0.25) is 9.59 Å². The summed E-state index contributed by atoms with van der Waals surface area (Å²) < 4.78 is 16.0. The maximum atomic E-state index is 13.1. The van der Waals surface area contributed by atoms with Gasteiger partial charge in [0.15, 0.2) is 0 Å². The molecule has 0 saturated carbocycles. The Morgan fingerprint density at radius 3 is 2.44 bits per heavy atom. The quantitative estimate of drug-likeness (QED) is 0.363. The van der Waals surface area contributed by atoms with E-state index in [1.165, 1.54) is 19.1 Å². The van der Waals surface area contributed by atoms with E-state index in [0.717, 1.165) is 5.56 Å². The van der Waals surface area contributed by atoms with Crippen molar-refractivity contribution in [1.29, 1.82) is 0 Å². The highest BCUT2D eigenvalue weighted by Crippen LogP contribution is 2.42. The third-order valence-corrected chi connectivity index (χ3v) is 5.51. The molecule has 1 N–H and O–H groups in total. The van der Waals surface area contributed by atoms with Crippen molar-refractivity contribution in [1.82, 2.24) is 4.90 Å². The van der Waals surface area contributed by atoms with E-state index in [1.54, 1.807) is 36.4 Å². The number of aliphatic hydroxyl groups is 1. The van der Waals surface area contributed by atoms with E-state index < -0.39 is 17.7 Å². The first-order chi connectivity index (χ1) is 15.3. The van der Waals surface area contributed by atoms with E-state index in [9.17, 15) is 14.7 Å². The summed E-state index contributed by atoms with van der Waals surface area (Å²) in [7, 11) is 2.94. The highest BCUT2D eigenvalue weighted by molar-refractivity contribution is 6.46. The Kier molecular flexibility index (Phi) is 7.43. The van der Waals surface area contributed by atoms with Crippen LogP contribution in [0.3, 0.4) is 0 Å². The van der Waals surface area contributed by atoms with Gasteiger partial charge in [0.1, 0.15) is 17.3 Å². The molecule has 8 heteroatoms. The predicted molar refractivity (Wildman–Crippen MR) is 121 cm³/mol. The van der Waals surface area contributed by atoms with Crippen LogP contribution in [0, 0.1) is 6.92 Å². The first-order valence-corrected chi connectivity index (χ1v) is 10.6. The molecular formula is C24H26ClNO6. The van der Waals surface area contributed by atoms with E-state index in [4.69, 9.17) is 25.8 Å². The van der Waals surface area contributed by atoms with Gasteiger partial charge in [0.2, 0.25) is 0 Å². The maximum absolute atomic E-state index is 13.1. The molecule has 0 radical (unpaired) electrons. The zero-order valence-electron chi connectivity index (χ0n) is 18.5. The number of Topliss-reactive ketones (excluding diaryl/α,β-unsaturated/α-hetero) is 1. The number of methoxy groups -OCH3 is 2. The number of ether oxygens (including phenoxy) is 3. The minimum Gasteiger partial charge on any atom is -0.507 e. The molecule has 32 heavy (non-hydrogen) atoms. The largest absolute Gasteiger partial charge is 0.507 e. The lowest BCUT2D eigenvalue weighted by Gasteiger charge is -2.25. The fraction of sp³-hybridized carbons (Fsp3) is 0.333. The molecule has 2 aromatic rings. The maximum Gasteiger partial charge on any atom is 0.295 e. The first-order valence-electron chi connectivity index (χ1n) is 10.2. The number of halogens is 1. The average Bonchev–Trinajstić information content (AvgIpc) is 3.02. The van der Waals surface area contributed by atoms with Gasteiger partial charge in [-0.25, -0.2) is 0 Å². The second kappa shape index (κ2) is 10.1. The number of aliphatic hydroxyl groups excluding tert-OH is 1. The van der Waals surface area contributed by atoms with E-state index in [-0.39, 0.29) is 35.8 Å². The number of nitrogens with zero attached hydrogens (tertiary/aromatic N) is 1. The SMILES string of the molecule is CCOc1ccc(C2/C(=C(\O)c3cc(C)cc(Cl)c3OC)C(=O)C(=O)N2CCOC)cc1. The van der Waals surface area contributed by atoms with Crippen molar-refractivity contribution in [3.8, 4) is 11.5 Å². The van der Waals surface area contributed by atoms with Crippen molar-refractivity contribution in [2.24, 2.45) is 0 Å². The Bertz CT molecular complexity index is 1050. The number of amides is 1. The summed E-state index contributed by atoms with van der Waals surface area (Å²) in [5, 5.41) is 11.6. The summed E-state index contributed by atoms with van der Waals surface area (Å²) in [4.78, 5) is 27.4. The molecule has 7 nitrogen and oxygen atoms in total. The van der Waals surface area contributed by atoms with Gasteiger partial charge in [-0.05, 0) is 49.2 Å². The Balaban J connectivity index is 2.21. The summed E-state index contributed by atoms with van der Waals surface area (Å²) >= 11 is 6.30. The van der Waals surface area contributed by atoms with Gasteiger partial charge < -0.3 is 24.2 Å². The van der Waals surface area contributed by atoms with E-state index in [1.807, 2.05) is 13.8 Å². The van der Waals surface area contributed by atoms with E-state index in [2.05, 4.69) is 0 Å². The molecule has 1 saturated heterocycles. The predicted octanol–water partition coefficient (Wildman–Crippen LogP) is 4.12. The summed E-state index contributed by atoms with van der Waals surface area (Å²) in [6, 6.07) is 9.63. The normalized spacial score (nSPS) is 17.7. The van der Waals surface area contributed by atoms with Crippen LogP contribution < -0.4 is 9.47 Å². The molecule has 1 aliphatic heterocycles. The topological polar surface area (TPSA) is 85.3 Å². The number of likely N-dealkylation sites (tertiary alicyclic amines) is 1. The van der Waals surface area contributed by atoms with Gasteiger partial charge in [0.25, 0.3) is 11.7 Å². The van der Waals surface area contributed by atoms with Gasteiger partial charge in [-0.2, -0.15) is 0 Å². The van der Waals surface area contributed by atoms with Crippen LogP contribution >= 0.6 is 11.6 Å². The molecule has 170 valence electrons. The molecule has 1 aliphatic rings. The molecule has 2 aromatic carbocycles. The zero-order valence-corrected chi connectivity index (χ0v) is 19.2. The van der Waals surface area contributed by atoms with Crippen LogP contribution in [-0.4, -0.2) is 55.7 Å². The fourth-order valence-electron chi connectivity index (χ4n) is 3.82. The summed E-state index contributed by atoms with van der Waals surface area (Å²) in [6.07, 6.45) is 0. The number of carbonyl (C=O) groups excluding carboxylic acids is 2. The highest BCUT2D eigenvalue weighted by atomic mass is 35.5. The summed E-state index contributed by atoms with van der Waals surface area (Å²) in [6.45, 7) is 4.62. The van der Waals surface area contributed by atoms with Gasteiger partial charge in [-0.1, -0.05) is 23.7 Å². The molecule has 1 unspecified atom stereocenters. The highest BCUT2D eigenvalue weighted by Gasteiger charge is 2.46. The van der Waals surface area contributed by atoms with Crippen LogP contribution in [0.25, 0.3) is 5.76 Å². The minimum atomic E-state index is -0.801. The molecule has 3 rings (SSSR count). The number of hydrogen-bond acceptors (Lipinski definition) is 6. The summed E-state index contributed by atoms with van der Waals surface area (Å²) in [5.41, 5.74) is 1.64. The number of benzene rings is 2. The standard InChI is InChI=1S/C24H26ClNO6/c1-5-32-16-8-6-15(7-9-16)20-19(22(28)24(29)26(20)10-11-30-3)21(27)17-12-14(2)13-18(25)23(17)31-4/h6-9,12-13,20,27H,5,10-11H2,1-4H3/b21-19+. The number of carbonyl (C=O) groups is 2. The van der Waals surface area contributed by atoms with Crippen LogP contribution in [0.4, 0.5) is 0 Å². The molecule has 1 heterocycles. The van der Waals surface area contributed by atoms with Crippen molar-refractivity contribution < 1.29 is 28.9 Å². The molecule has 0 aliphatic carbocycles. The lowest BCUT2D eigenvalue weighted by Crippen LogP contribution is -2.32. The Hall–Kier alpha value is -3.03. The van der Waals surface area contributed by atoms with Crippen LogP contribution in [-0.2, 0) is 14.3 Å². The van der Waals surface area contributed by atoms with Gasteiger partial charge in [0.05, 0.1) is 42.5 Å². The van der Waals surface area contributed by atoms with Gasteiger partial charge >= 0.3 is 0 Å². The van der Waals surface area contributed by atoms with Crippen molar-refractivity contribution in [3.05, 3.63) is 63.7 Å². The van der Waals surface area contributed by atoms with Crippen molar-refractivity contribution in [2.45, 2.75) is 19.9 Å². The zero-order chi connectivity index (χ0) is 23.4. The third kappa shape index (κ3) is 4.45. The summed E-state index contributed by atoms with van der Waals surface area (Å²) in [5.74, 6) is -0.942. The van der Waals surface area contributed by atoms with Gasteiger partial charge in [0, 0.05) is 13.7 Å². The van der Waals surface area contributed by atoms with Crippen molar-refractivity contribution in [2.75, 3.05) is 34.0 Å². The second-order valence-corrected chi connectivity index (χ2v) is 7.72. The third-order valence-electron chi connectivity index (χ3n) is 5.23. The molecular weight excluding hydrogens is 434 g/mol. The number of rotatable bonds is 8. The number of hydrogen-bond donors (Lipinski definition) is 1. The molecule has 1 amide bonds. The Morgan fingerprint density at radius 1 is 1.16 bits per heavy atom. The van der Waals surface area contributed by atoms with E-state index >= 15 is 0 Å². The van der Waals surface area contributed by atoms with E-state index in [0.29, 0.717) is 22.9 Å². The molecule has 1 fully saturated rings. The fourth-order valence-corrected chi connectivity index (χ4v) is 4.17. The molecule has 0 aromatic heterocycles. The minimum absolute atomic E-state index is 0.0322. The lowest BCUT2D eigenvalue weighted by atomic mass is 9.94. The number of ketones is 1. The van der Waals surface area contributed by atoms with Crippen LogP contribution in [0.2, 0.25) is 5.02 Å². The monoisotopic (exact) mass is 459 g/mol. The van der Waals surface area contributed by atoms with Crippen LogP contribution in [0.15, 0.2) is 42.0 Å². The molecule has 0 bridgehead atoms. The Labute approximate surface area is 192 Å². The first kappa shape index (κ1) is 23.6. The van der Waals surface area contributed by atoms with Crippen molar-refractivity contribution >= 4 is 29.1 Å². The van der Waals surface area contributed by atoms with Gasteiger partial charge in [-0.15, -0.1) is 0 Å².